The van der Waals surface area contributed by atoms with Crippen LogP contribution < -0.4 is 5.73 Å². The van der Waals surface area contributed by atoms with E-state index < -0.39 is 35.0 Å². The molecule has 0 aliphatic heterocycles. The Morgan fingerprint density at radius 2 is 1.19 bits per heavy atom. The third-order valence-electron chi connectivity index (χ3n) is 4.79. The molecule has 2 rings (SSSR count). The third-order valence-corrected chi connectivity index (χ3v) is 4.79. The Balaban J connectivity index is 2.35. The van der Waals surface area contributed by atoms with E-state index in [4.69, 9.17) is 10.5 Å². The number of aliphatic hydroxyl groups is 3. The predicted molar refractivity (Wildman–Crippen MR) is 117 cm³/mol. The highest BCUT2D eigenvalue weighted by Gasteiger charge is 2.27. The second-order valence-corrected chi connectivity index (χ2v) is 8.62. The van der Waals surface area contributed by atoms with Crippen molar-refractivity contribution >= 4 is 11.6 Å². The maximum atomic E-state index is 12.3. The number of benzene rings is 2. The number of rotatable bonds is 10. The van der Waals surface area contributed by atoms with Crippen molar-refractivity contribution in [3.63, 3.8) is 0 Å². The van der Waals surface area contributed by atoms with Crippen molar-refractivity contribution < 1.29 is 29.6 Å². The fourth-order valence-electron chi connectivity index (χ4n) is 2.99. The van der Waals surface area contributed by atoms with Crippen LogP contribution in [0, 0.1) is 0 Å². The Hall–Kier alpha value is -2.42. The van der Waals surface area contributed by atoms with Gasteiger partial charge in [0.25, 0.3) is 0 Å². The normalized spacial score (nSPS) is 13.3. The first-order valence-electron chi connectivity index (χ1n) is 10.1. The van der Waals surface area contributed by atoms with Crippen LogP contribution in [0.5, 0.6) is 0 Å². The summed E-state index contributed by atoms with van der Waals surface area (Å²) in [5, 5.41) is 29.7. The van der Waals surface area contributed by atoms with Crippen LogP contribution in [0.25, 0.3) is 0 Å². The molecule has 0 radical (unpaired) electrons. The molecule has 2 aromatic carbocycles. The van der Waals surface area contributed by atoms with Gasteiger partial charge in [-0.15, -0.1) is 0 Å². The molecular weight excluding hydrogens is 398 g/mol. The number of hydrogen-bond acceptors (Lipinski definition) is 7. The highest BCUT2D eigenvalue weighted by atomic mass is 16.5. The largest absolute Gasteiger partial charge is 0.389 e. The molecule has 0 saturated heterocycles. The number of carbonyl (C=O) groups excluding carboxylic acids is 2. The van der Waals surface area contributed by atoms with Crippen molar-refractivity contribution in [3.8, 4) is 0 Å². The van der Waals surface area contributed by atoms with Crippen molar-refractivity contribution in [3.05, 3.63) is 70.8 Å². The number of hydrogen-bond donors (Lipinski definition) is 4. The molecule has 0 saturated carbocycles. The SMILES string of the molecule is CC(C)(O)C(=O)c1ccc(C(OCC(O)CN)c2ccc(C(=O)C(C)(C)O)cc2)cc1. The van der Waals surface area contributed by atoms with Crippen LogP contribution in [-0.4, -0.2) is 57.3 Å². The van der Waals surface area contributed by atoms with Gasteiger partial charge in [-0.1, -0.05) is 48.5 Å². The molecule has 0 heterocycles. The lowest BCUT2D eigenvalue weighted by molar-refractivity contribution is 0.00982. The molecule has 0 aliphatic carbocycles. The van der Waals surface area contributed by atoms with Crippen LogP contribution in [0.1, 0.15) is 65.6 Å². The molecule has 7 heteroatoms. The van der Waals surface area contributed by atoms with Crippen LogP contribution in [-0.2, 0) is 4.74 Å². The number of Topliss-reactive ketones (excluding diaryl/α,β-unsaturated/α-hetero) is 2. The summed E-state index contributed by atoms with van der Waals surface area (Å²) in [6.07, 6.45) is -1.42. The fraction of sp³-hybridized carbons (Fsp3) is 0.417. The summed E-state index contributed by atoms with van der Waals surface area (Å²) < 4.78 is 5.90. The van der Waals surface area contributed by atoms with Gasteiger partial charge in [0.15, 0.2) is 11.6 Å². The van der Waals surface area contributed by atoms with Gasteiger partial charge in [0.2, 0.25) is 0 Å². The summed E-state index contributed by atoms with van der Waals surface area (Å²) in [6, 6.07) is 13.3. The smallest absolute Gasteiger partial charge is 0.193 e. The van der Waals surface area contributed by atoms with Crippen LogP contribution in [0.15, 0.2) is 48.5 Å². The summed E-state index contributed by atoms with van der Waals surface area (Å²) >= 11 is 0. The topological polar surface area (TPSA) is 130 Å². The van der Waals surface area contributed by atoms with E-state index in [2.05, 4.69) is 0 Å². The number of ketones is 2. The number of aliphatic hydroxyl groups excluding tert-OH is 1. The second-order valence-electron chi connectivity index (χ2n) is 8.62. The van der Waals surface area contributed by atoms with Crippen LogP contribution in [0.4, 0.5) is 0 Å². The second kappa shape index (κ2) is 9.80. The number of nitrogens with two attached hydrogens (primary N) is 1. The van der Waals surface area contributed by atoms with E-state index in [1.165, 1.54) is 27.7 Å². The molecule has 2 aromatic rings. The summed E-state index contributed by atoms with van der Waals surface area (Å²) in [4.78, 5) is 24.5. The van der Waals surface area contributed by atoms with Crippen molar-refractivity contribution in [2.45, 2.75) is 51.1 Å². The molecule has 1 atom stereocenters. The van der Waals surface area contributed by atoms with E-state index >= 15 is 0 Å². The monoisotopic (exact) mass is 429 g/mol. The van der Waals surface area contributed by atoms with E-state index in [0.29, 0.717) is 11.1 Å². The zero-order valence-electron chi connectivity index (χ0n) is 18.3. The van der Waals surface area contributed by atoms with E-state index in [0.717, 1.165) is 11.1 Å². The molecule has 0 bridgehead atoms. The van der Waals surface area contributed by atoms with Crippen LogP contribution in [0.3, 0.4) is 0 Å². The van der Waals surface area contributed by atoms with Gasteiger partial charge in [-0.3, -0.25) is 9.59 Å². The van der Waals surface area contributed by atoms with Crippen molar-refractivity contribution in [2.75, 3.05) is 13.2 Å². The first-order valence-corrected chi connectivity index (χ1v) is 10.1. The van der Waals surface area contributed by atoms with E-state index in [1.807, 2.05) is 0 Å². The minimum atomic E-state index is -1.48. The van der Waals surface area contributed by atoms with Gasteiger partial charge in [-0.25, -0.2) is 0 Å². The van der Waals surface area contributed by atoms with Gasteiger partial charge in [0.1, 0.15) is 17.3 Å². The molecule has 0 spiro atoms. The summed E-state index contributed by atoms with van der Waals surface area (Å²) in [6.45, 7) is 5.76. The highest BCUT2D eigenvalue weighted by Crippen LogP contribution is 2.28. The molecule has 0 aliphatic rings. The molecule has 31 heavy (non-hydrogen) atoms. The molecule has 7 nitrogen and oxygen atoms in total. The Morgan fingerprint density at radius 3 is 1.48 bits per heavy atom. The minimum absolute atomic E-state index is 0.00409. The van der Waals surface area contributed by atoms with E-state index in [9.17, 15) is 24.9 Å². The van der Waals surface area contributed by atoms with Gasteiger partial charge in [-0.05, 0) is 38.8 Å². The van der Waals surface area contributed by atoms with Gasteiger partial charge in [0.05, 0.1) is 12.7 Å². The fourth-order valence-corrected chi connectivity index (χ4v) is 2.99. The molecule has 0 fully saturated rings. The molecular formula is C24H31NO6. The average Bonchev–Trinajstić information content (AvgIpc) is 2.72. The van der Waals surface area contributed by atoms with Crippen molar-refractivity contribution in [1.82, 2.24) is 0 Å². The zero-order chi connectivity index (χ0) is 23.4. The average molecular weight is 430 g/mol. The Labute approximate surface area is 182 Å². The quantitative estimate of drug-likeness (QED) is 0.425. The number of carbonyl (C=O) groups is 2. The predicted octanol–water partition coefficient (Wildman–Crippen LogP) is 2.02. The van der Waals surface area contributed by atoms with Gasteiger partial charge in [0, 0.05) is 17.7 Å². The number of ether oxygens (including phenoxy) is 1. The standard InChI is InChI=1S/C24H31NO6/c1-23(2,29)21(27)17-9-5-15(6-10-17)20(31-14-19(26)13-25)16-7-11-18(12-8-16)22(28)24(3,4)30/h5-12,19-20,26,29-30H,13-14,25H2,1-4H3. The first-order chi connectivity index (χ1) is 14.3. The van der Waals surface area contributed by atoms with Gasteiger partial charge >= 0.3 is 0 Å². The maximum Gasteiger partial charge on any atom is 0.193 e. The van der Waals surface area contributed by atoms with Crippen LogP contribution in [0.2, 0.25) is 0 Å². The molecule has 1 unspecified atom stereocenters. The van der Waals surface area contributed by atoms with E-state index in [1.54, 1.807) is 48.5 Å². The summed E-state index contributed by atoms with van der Waals surface area (Å²) in [7, 11) is 0. The van der Waals surface area contributed by atoms with Crippen LogP contribution >= 0.6 is 0 Å². The molecule has 5 N–H and O–H groups in total. The van der Waals surface area contributed by atoms with Gasteiger partial charge < -0.3 is 25.8 Å². The van der Waals surface area contributed by atoms with Crippen molar-refractivity contribution in [2.24, 2.45) is 5.73 Å². The van der Waals surface area contributed by atoms with Gasteiger partial charge in [-0.2, -0.15) is 0 Å². The zero-order valence-corrected chi connectivity index (χ0v) is 18.3. The Kier molecular flexibility index (Phi) is 7.86. The lowest BCUT2D eigenvalue weighted by Gasteiger charge is -2.22. The Bertz CT molecular complexity index is 822. The van der Waals surface area contributed by atoms with E-state index in [-0.39, 0.29) is 13.2 Å². The molecule has 168 valence electrons. The minimum Gasteiger partial charge on any atom is -0.389 e. The lowest BCUT2D eigenvalue weighted by atomic mass is 9.92. The third kappa shape index (κ3) is 6.53. The first kappa shape index (κ1) is 24.8. The maximum absolute atomic E-state index is 12.3. The summed E-state index contributed by atoms with van der Waals surface area (Å²) in [5.41, 5.74) is 4.68. The molecule has 0 aromatic heterocycles. The lowest BCUT2D eigenvalue weighted by Crippen LogP contribution is -2.31. The molecule has 0 amide bonds. The summed E-state index contributed by atoms with van der Waals surface area (Å²) in [5.74, 6) is -0.797. The van der Waals surface area contributed by atoms with Crippen molar-refractivity contribution in [1.29, 1.82) is 0 Å². The highest BCUT2D eigenvalue weighted by molar-refractivity contribution is 6.02. The Morgan fingerprint density at radius 1 is 0.839 bits per heavy atom.